The molecule has 0 aliphatic rings. The highest BCUT2D eigenvalue weighted by molar-refractivity contribution is 6.25. The number of phenols is 2. The lowest BCUT2D eigenvalue weighted by molar-refractivity contribution is 0.103. The van der Waals surface area contributed by atoms with Gasteiger partial charge in [0.2, 0.25) is 0 Å². The number of ketones is 1. The van der Waals surface area contributed by atoms with E-state index in [1.807, 2.05) is 97.1 Å². The highest BCUT2D eigenvalue weighted by atomic mass is 16.3. The number of aromatic hydroxyl groups is 2. The van der Waals surface area contributed by atoms with Crippen LogP contribution in [0.5, 0.6) is 11.5 Å². The highest BCUT2D eigenvalue weighted by Crippen LogP contribution is 2.44. The molecule has 0 atom stereocenters. The van der Waals surface area contributed by atoms with Gasteiger partial charge in [0.1, 0.15) is 11.5 Å². The van der Waals surface area contributed by atoms with Crippen LogP contribution < -0.4 is 0 Å². The van der Waals surface area contributed by atoms with E-state index in [0.29, 0.717) is 67.5 Å². The highest BCUT2D eigenvalue weighted by Gasteiger charge is 2.25. The number of aldehydes is 2. The van der Waals surface area contributed by atoms with Crippen LogP contribution in [0, 0.1) is 0 Å². The summed E-state index contributed by atoms with van der Waals surface area (Å²) in [5.41, 5.74) is 3.64. The number of carbonyl (C=O) groups is 3. The molecule has 8 aromatic carbocycles. The predicted octanol–water partition coefficient (Wildman–Crippen LogP) is 9.90. The van der Waals surface area contributed by atoms with Crippen molar-refractivity contribution in [2.45, 2.75) is 0 Å². The van der Waals surface area contributed by atoms with Crippen molar-refractivity contribution in [1.82, 2.24) is 0 Å². The fourth-order valence-electron chi connectivity index (χ4n) is 7.00. The summed E-state index contributed by atoms with van der Waals surface area (Å²) in [6.07, 6.45) is 1.25. The Morgan fingerprint density at radius 3 is 1.19 bits per heavy atom. The predicted molar refractivity (Wildman–Crippen MR) is 191 cm³/mol. The molecule has 0 radical (unpaired) electrons. The molecular formula is C43H26O5. The Morgan fingerprint density at radius 2 is 0.792 bits per heavy atom. The molecule has 5 nitrogen and oxygen atoms in total. The van der Waals surface area contributed by atoms with Crippen LogP contribution in [-0.2, 0) is 0 Å². The van der Waals surface area contributed by atoms with E-state index in [1.165, 1.54) is 0 Å². The lowest BCUT2D eigenvalue weighted by Crippen LogP contribution is -2.07. The molecule has 0 aliphatic heterocycles. The summed E-state index contributed by atoms with van der Waals surface area (Å²) >= 11 is 0. The Kier molecular flexibility index (Phi) is 6.81. The average molecular weight is 623 g/mol. The van der Waals surface area contributed by atoms with Crippen LogP contribution >= 0.6 is 0 Å². The summed E-state index contributed by atoms with van der Waals surface area (Å²) in [6.45, 7) is 0. The van der Waals surface area contributed by atoms with E-state index in [1.54, 1.807) is 36.4 Å². The van der Waals surface area contributed by atoms with E-state index < -0.39 is 0 Å². The Bertz CT molecular complexity index is 2470. The van der Waals surface area contributed by atoms with Crippen LogP contribution in [0.4, 0.5) is 0 Å². The Labute approximate surface area is 274 Å². The lowest BCUT2D eigenvalue weighted by Gasteiger charge is -2.19. The van der Waals surface area contributed by atoms with Crippen LogP contribution in [0.15, 0.2) is 133 Å². The Balaban J connectivity index is 1.49. The molecule has 8 rings (SSSR count). The molecule has 0 unspecified atom stereocenters. The summed E-state index contributed by atoms with van der Waals surface area (Å²) in [5, 5.41) is 27.8. The first-order chi connectivity index (χ1) is 23.5. The molecule has 0 amide bonds. The number of hydrogen-bond donors (Lipinski definition) is 2. The van der Waals surface area contributed by atoms with Gasteiger partial charge in [0.25, 0.3) is 0 Å². The van der Waals surface area contributed by atoms with Crippen molar-refractivity contribution >= 4 is 61.4 Å². The molecule has 0 heterocycles. The first kappa shape index (κ1) is 28.9. The standard InChI is InChI=1S/C43H26O5/c44-23-27-21-37(31-13-5-7-15-33(31)41(27)46)39-29-11-3-1-9-25(29)17-19-35(39)43(48)36-20-18-26-10-2-4-12-30(26)40(36)38-22-28(24-45)42(47)34-16-8-6-14-32(34)38/h1-24,46-47H. The van der Waals surface area contributed by atoms with E-state index in [9.17, 15) is 19.8 Å². The lowest BCUT2D eigenvalue weighted by atomic mass is 9.83. The number of carbonyl (C=O) groups excluding carboxylic acids is 3. The third kappa shape index (κ3) is 4.37. The topological polar surface area (TPSA) is 91.7 Å². The zero-order chi connectivity index (χ0) is 32.9. The molecule has 0 bridgehead atoms. The molecule has 48 heavy (non-hydrogen) atoms. The molecule has 0 aliphatic carbocycles. The number of phenolic OH excluding ortho intramolecular Hbond substituents is 2. The second-order valence-corrected chi connectivity index (χ2v) is 11.8. The van der Waals surface area contributed by atoms with Gasteiger partial charge in [-0.2, -0.15) is 0 Å². The molecular weight excluding hydrogens is 596 g/mol. The molecule has 0 saturated carbocycles. The average Bonchev–Trinajstić information content (AvgIpc) is 3.14. The van der Waals surface area contributed by atoms with E-state index in [4.69, 9.17) is 0 Å². The van der Waals surface area contributed by atoms with Gasteiger partial charge in [-0.15, -0.1) is 0 Å². The monoisotopic (exact) mass is 622 g/mol. The van der Waals surface area contributed by atoms with Gasteiger partial charge in [-0.25, -0.2) is 0 Å². The quantitative estimate of drug-likeness (QED) is 0.142. The summed E-state index contributed by atoms with van der Waals surface area (Å²) in [5.74, 6) is -0.481. The maximum Gasteiger partial charge on any atom is 0.194 e. The van der Waals surface area contributed by atoms with Crippen LogP contribution in [0.2, 0.25) is 0 Å². The van der Waals surface area contributed by atoms with Gasteiger partial charge in [-0.3, -0.25) is 14.4 Å². The van der Waals surface area contributed by atoms with Gasteiger partial charge in [-0.1, -0.05) is 109 Å². The fraction of sp³-hybridized carbons (Fsp3) is 0. The maximum atomic E-state index is 15.2. The summed E-state index contributed by atoms with van der Waals surface area (Å²) in [7, 11) is 0. The van der Waals surface area contributed by atoms with Crippen LogP contribution in [0.1, 0.15) is 36.6 Å². The van der Waals surface area contributed by atoms with E-state index in [0.717, 1.165) is 21.5 Å². The normalized spacial score (nSPS) is 11.3. The Morgan fingerprint density at radius 1 is 0.438 bits per heavy atom. The van der Waals surface area contributed by atoms with Crippen molar-refractivity contribution in [2.24, 2.45) is 0 Å². The molecule has 5 heteroatoms. The van der Waals surface area contributed by atoms with Crippen molar-refractivity contribution < 1.29 is 24.6 Å². The molecule has 0 saturated heterocycles. The molecule has 8 aromatic rings. The number of fused-ring (bicyclic) bond motifs is 4. The number of benzene rings is 8. The Hall–Kier alpha value is -6.59. The minimum absolute atomic E-state index is 0.112. The van der Waals surface area contributed by atoms with E-state index >= 15 is 4.79 Å². The zero-order valence-corrected chi connectivity index (χ0v) is 25.5. The zero-order valence-electron chi connectivity index (χ0n) is 25.5. The largest absolute Gasteiger partial charge is 0.507 e. The van der Waals surface area contributed by atoms with Gasteiger partial charge in [0.05, 0.1) is 11.1 Å². The second kappa shape index (κ2) is 11.3. The smallest absolute Gasteiger partial charge is 0.194 e. The third-order valence-corrected chi connectivity index (χ3v) is 9.23. The van der Waals surface area contributed by atoms with E-state index in [-0.39, 0.29) is 28.4 Å². The summed E-state index contributed by atoms with van der Waals surface area (Å²) in [6, 6.07) is 40.9. The SMILES string of the molecule is O=Cc1cc(-c2c(C(=O)c3ccc4ccccc4c3-c3cc(C=O)c(O)c4ccccc34)ccc3ccccc23)c2ccccc2c1O. The van der Waals surface area contributed by atoms with Gasteiger partial charge in [0.15, 0.2) is 18.4 Å². The summed E-state index contributed by atoms with van der Waals surface area (Å²) in [4.78, 5) is 39.6. The molecule has 228 valence electrons. The van der Waals surface area contributed by atoms with Crippen molar-refractivity contribution in [3.8, 4) is 33.8 Å². The van der Waals surface area contributed by atoms with E-state index in [2.05, 4.69) is 0 Å². The molecule has 2 N–H and O–H groups in total. The van der Waals surface area contributed by atoms with Crippen LogP contribution in [0.25, 0.3) is 65.3 Å². The molecule has 0 fully saturated rings. The van der Waals surface area contributed by atoms with Crippen molar-refractivity contribution in [3.05, 3.63) is 156 Å². The number of rotatable bonds is 6. The minimum atomic E-state index is -0.258. The maximum absolute atomic E-state index is 15.2. The minimum Gasteiger partial charge on any atom is -0.507 e. The van der Waals surface area contributed by atoms with Crippen LogP contribution in [-0.4, -0.2) is 28.6 Å². The first-order valence-corrected chi connectivity index (χ1v) is 15.5. The van der Waals surface area contributed by atoms with Crippen molar-refractivity contribution in [3.63, 3.8) is 0 Å². The molecule has 0 spiro atoms. The molecule has 0 aromatic heterocycles. The first-order valence-electron chi connectivity index (χ1n) is 15.5. The van der Waals surface area contributed by atoms with Gasteiger partial charge < -0.3 is 10.2 Å². The fourth-order valence-corrected chi connectivity index (χ4v) is 7.00. The van der Waals surface area contributed by atoms with Gasteiger partial charge >= 0.3 is 0 Å². The third-order valence-electron chi connectivity index (χ3n) is 9.23. The number of hydrogen-bond acceptors (Lipinski definition) is 5. The van der Waals surface area contributed by atoms with Crippen LogP contribution in [0.3, 0.4) is 0 Å². The van der Waals surface area contributed by atoms with Crippen molar-refractivity contribution in [1.29, 1.82) is 0 Å². The second-order valence-electron chi connectivity index (χ2n) is 11.8. The van der Waals surface area contributed by atoms with Gasteiger partial charge in [-0.05, 0) is 67.7 Å². The van der Waals surface area contributed by atoms with Crippen molar-refractivity contribution in [2.75, 3.05) is 0 Å². The summed E-state index contributed by atoms with van der Waals surface area (Å²) < 4.78 is 0. The van der Waals surface area contributed by atoms with Gasteiger partial charge in [0, 0.05) is 33.0 Å².